The third-order valence-electron chi connectivity index (χ3n) is 2.28. The molecule has 3 nitrogen and oxygen atoms in total. The zero-order chi connectivity index (χ0) is 8.43. The summed E-state index contributed by atoms with van der Waals surface area (Å²) in [6.45, 7) is 4.51. The SMILES string of the molecule is CO[C@@H]1C(C)OCC(C)[C@@H]1O. The second-order valence-electron chi connectivity index (χ2n) is 3.21. The highest BCUT2D eigenvalue weighted by atomic mass is 16.5. The van der Waals surface area contributed by atoms with Gasteiger partial charge in [-0.25, -0.2) is 0 Å². The van der Waals surface area contributed by atoms with Gasteiger partial charge in [-0.05, 0) is 6.92 Å². The molecule has 1 heterocycles. The molecule has 0 saturated carbocycles. The Morgan fingerprint density at radius 1 is 1.45 bits per heavy atom. The van der Waals surface area contributed by atoms with Gasteiger partial charge in [0.15, 0.2) is 0 Å². The molecule has 0 aromatic rings. The van der Waals surface area contributed by atoms with E-state index in [9.17, 15) is 5.11 Å². The monoisotopic (exact) mass is 160 g/mol. The summed E-state index contributed by atoms with van der Waals surface area (Å²) < 4.78 is 10.5. The molecule has 0 aromatic heterocycles. The Labute approximate surface area is 67.3 Å². The Bertz CT molecular complexity index is 127. The average molecular weight is 160 g/mol. The van der Waals surface area contributed by atoms with Crippen molar-refractivity contribution in [3.05, 3.63) is 0 Å². The van der Waals surface area contributed by atoms with Crippen molar-refractivity contribution in [1.29, 1.82) is 0 Å². The number of methoxy groups -OCH3 is 1. The van der Waals surface area contributed by atoms with E-state index in [4.69, 9.17) is 9.47 Å². The third-order valence-corrected chi connectivity index (χ3v) is 2.28. The van der Waals surface area contributed by atoms with Crippen LogP contribution in [-0.2, 0) is 9.47 Å². The summed E-state index contributed by atoms with van der Waals surface area (Å²) in [5.41, 5.74) is 0. The van der Waals surface area contributed by atoms with Crippen LogP contribution in [0.3, 0.4) is 0 Å². The molecule has 1 aliphatic rings. The van der Waals surface area contributed by atoms with Gasteiger partial charge >= 0.3 is 0 Å². The lowest BCUT2D eigenvalue weighted by Crippen LogP contribution is -2.48. The van der Waals surface area contributed by atoms with E-state index < -0.39 is 0 Å². The lowest BCUT2D eigenvalue weighted by atomic mass is 9.94. The largest absolute Gasteiger partial charge is 0.390 e. The molecule has 1 rings (SSSR count). The van der Waals surface area contributed by atoms with Gasteiger partial charge in [0.2, 0.25) is 0 Å². The smallest absolute Gasteiger partial charge is 0.109 e. The third kappa shape index (κ3) is 1.72. The van der Waals surface area contributed by atoms with Gasteiger partial charge in [-0.3, -0.25) is 0 Å². The molecule has 0 aliphatic carbocycles. The summed E-state index contributed by atoms with van der Waals surface area (Å²) >= 11 is 0. The number of aliphatic hydroxyl groups excluding tert-OH is 1. The second-order valence-corrected chi connectivity index (χ2v) is 3.21. The Morgan fingerprint density at radius 3 is 2.55 bits per heavy atom. The molecule has 4 atom stereocenters. The first kappa shape index (κ1) is 8.97. The van der Waals surface area contributed by atoms with Crippen LogP contribution in [-0.4, -0.2) is 37.1 Å². The predicted molar refractivity (Wildman–Crippen MR) is 41.4 cm³/mol. The minimum absolute atomic E-state index is 0.00574. The molecule has 0 amide bonds. The minimum Gasteiger partial charge on any atom is -0.390 e. The number of hydrogen-bond acceptors (Lipinski definition) is 3. The van der Waals surface area contributed by atoms with E-state index in [1.54, 1.807) is 7.11 Å². The van der Waals surface area contributed by atoms with E-state index in [2.05, 4.69) is 0 Å². The van der Waals surface area contributed by atoms with E-state index in [1.807, 2.05) is 13.8 Å². The fraction of sp³-hybridized carbons (Fsp3) is 1.00. The molecule has 0 radical (unpaired) electrons. The van der Waals surface area contributed by atoms with Gasteiger partial charge in [0.1, 0.15) is 6.10 Å². The van der Waals surface area contributed by atoms with Crippen LogP contribution in [0.5, 0.6) is 0 Å². The quantitative estimate of drug-likeness (QED) is 0.604. The zero-order valence-electron chi connectivity index (χ0n) is 7.28. The fourth-order valence-electron chi connectivity index (χ4n) is 1.43. The Morgan fingerprint density at radius 2 is 2.09 bits per heavy atom. The van der Waals surface area contributed by atoms with Crippen molar-refractivity contribution in [1.82, 2.24) is 0 Å². The van der Waals surface area contributed by atoms with Crippen molar-refractivity contribution < 1.29 is 14.6 Å². The maximum absolute atomic E-state index is 9.60. The van der Waals surface area contributed by atoms with E-state index >= 15 is 0 Å². The highest BCUT2D eigenvalue weighted by Crippen LogP contribution is 2.21. The molecule has 3 heteroatoms. The Balaban J connectivity index is 2.55. The summed E-state index contributed by atoms with van der Waals surface area (Å²) in [5.74, 6) is 0.177. The zero-order valence-corrected chi connectivity index (χ0v) is 7.28. The van der Waals surface area contributed by atoms with Crippen LogP contribution in [0.1, 0.15) is 13.8 Å². The van der Waals surface area contributed by atoms with Gasteiger partial charge in [0.05, 0.1) is 18.8 Å². The van der Waals surface area contributed by atoms with Gasteiger partial charge in [0.25, 0.3) is 0 Å². The lowest BCUT2D eigenvalue weighted by molar-refractivity contribution is -0.165. The highest BCUT2D eigenvalue weighted by molar-refractivity contribution is 4.83. The fourth-order valence-corrected chi connectivity index (χ4v) is 1.43. The molecule has 66 valence electrons. The summed E-state index contributed by atoms with van der Waals surface area (Å²) in [5, 5.41) is 9.60. The first-order chi connectivity index (χ1) is 5.16. The molecule has 0 spiro atoms. The van der Waals surface area contributed by atoms with Crippen molar-refractivity contribution in [3.8, 4) is 0 Å². The topological polar surface area (TPSA) is 38.7 Å². The number of ether oxygens (including phenoxy) is 2. The van der Waals surface area contributed by atoms with Crippen molar-refractivity contribution in [2.24, 2.45) is 5.92 Å². The van der Waals surface area contributed by atoms with Crippen LogP contribution in [0.2, 0.25) is 0 Å². The van der Waals surface area contributed by atoms with Crippen LogP contribution >= 0.6 is 0 Å². The maximum Gasteiger partial charge on any atom is 0.109 e. The maximum atomic E-state index is 9.60. The van der Waals surface area contributed by atoms with Gasteiger partial charge in [0, 0.05) is 13.0 Å². The molecule has 0 bridgehead atoms. The standard InChI is InChI=1S/C8H16O3/c1-5-4-11-6(2)8(10-3)7(5)9/h5-9H,4H2,1-3H3/t5?,6?,7-,8+/m0/s1. The van der Waals surface area contributed by atoms with Crippen molar-refractivity contribution >= 4 is 0 Å². The first-order valence-corrected chi connectivity index (χ1v) is 3.99. The van der Waals surface area contributed by atoms with Gasteiger partial charge in [-0.15, -0.1) is 0 Å². The van der Waals surface area contributed by atoms with E-state index in [0.717, 1.165) is 0 Å². The Kier molecular flexibility index (Phi) is 2.87. The van der Waals surface area contributed by atoms with Crippen LogP contribution in [0.4, 0.5) is 0 Å². The summed E-state index contributed by atoms with van der Waals surface area (Å²) in [4.78, 5) is 0. The van der Waals surface area contributed by atoms with Crippen molar-refractivity contribution in [3.63, 3.8) is 0 Å². The predicted octanol–water partition coefficient (Wildman–Crippen LogP) is 0.417. The molecular formula is C8H16O3. The van der Waals surface area contributed by atoms with Gasteiger partial charge < -0.3 is 14.6 Å². The normalized spacial score (nSPS) is 45.8. The summed E-state index contributed by atoms with van der Waals surface area (Å²) in [6.07, 6.45) is -0.548. The number of rotatable bonds is 1. The number of aliphatic hydroxyl groups is 1. The van der Waals surface area contributed by atoms with Crippen LogP contribution in [0.25, 0.3) is 0 Å². The van der Waals surface area contributed by atoms with Crippen LogP contribution in [0.15, 0.2) is 0 Å². The molecule has 1 aliphatic heterocycles. The van der Waals surface area contributed by atoms with Gasteiger partial charge in [-0.2, -0.15) is 0 Å². The lowest BCUT2D eigenvalue weighted by Gasteiger charge is -2.36. The molecule has 0 aromatic carbocycles. The molecule has 2 unspecified atom stereocenters. The van der Waals surface area contributed by atoms with Crippen LogP contribution in [0, 0.1) is 5.92 Å². The molecule has 1 fully saturated rings. The molecule has 1 N–H and O–H groups in total. The molecule has 11 heavy (non-hydrogen) atoms. The van der Waals surface area contributed by atoms with Crippen LogP contribution < -0.4 is 0 Å². The van der Waals surface area contributed by atoms with Gasteiger partial charge in [-0.1, -0.05) is 6.92 Å². The summed E-state index contributed by atoms with van der Waals surface area (Å²) in [6, 6.07) is 0. The van der Waals surface area contributed by atoms with E-state index in [-0.39, 0.29) is 24.2 Å². The molecule has 1 saturated heterocycles. The van der Waals surface area contributed by atoms with Crippen molar-refractivity contribution in [2.75, 3.05) is 13.7 Å². The average Bonchev–Trinajstić information content (AvgIpc) is 1.99. The van der Waals surface area contributed by atoms with E-state index in [0.29, 0.717) is 6.61 Å². The highest BCUT2D eigenvalue weighted by Gasteiger charge is 2.34. The Hall–Kier alpha value is -0.120. The summed E-state index contributed by atoms with van der Waals surface area (Å²) in [7, 11) is 1.60. The second kappa shape index (κ2) is 3.52. The van der Waals surface area contributed by atoms with E-state index in [1.165, 1.54) is 0 Å². The first-order valence-electron chi connectivity index (χ1n) is 3.99. The molecular weight excluding hydrogens is 144 g/mol. The number of hydrogen-bond donors (Lipinski definition) is 1. The minimum atomic E-state index is -0.385. The van der Waals surface area contributed by atoms with Crippen molar-refractivity contribution in [2.45, 2.75) is 32.2 Å².